The van der Waals surface area contributed by atoms with Gasteiger partial charge >= 0.3 is 24.1 Å². The van der Waals surface area contributed by atoms with Crippen LogP contribution in [0.3, 0.4) is 0 Å². The van der Waals surface area contributed by atoms with Crippen LogP contribution in [-0.2, 0) is 35.0 Å². The van der Waals surface area contributed by atoms with E-state index in [1.165, 1.54) is 33.1 Å². The molecular weight excluding hydrogens is 422 g/mol. The molecule has 1 rings (SSSR count). The number of carbonyl (C=O) groups is 4. The average molecular weight is 453 g/mol. The molecule has 1 atom stereocenters. The number of nitrogens with two attached hydrogens (primary N) is 1. The topological polar surface area (TPSA) is 140 Å². The Morgan fingerprint density at radius 1 is 0.938 bits per heavy atom. The number of methoxy groups -OCH3 is 1. The van der Waals surface area contributed by atoms with Crippen molar-refractivity contribution >= 4 is 24.1 Å². The lowest BCUT2D eigenvalue weighted by molar-refractivity contribution is -0.147. The predicted octanol–water partition coefficient (Wildman–Crippen LogP) is 2.68. The largest absolute Gasteiger partial charge is 0.508 e. The maximum absolute atomic E-state index is 12.4. The van der Waals surface area contributed by atoms with E-state index in [-0.39, 0.29) is 37.6 Å². The molecule has 0 saturated heterocycles. The molecule has 1 aromatic rings. The van der Waals surface area contributed by atoms with Crippen molar-refractivity contribution in [2.24, 2.45) is 5.73 Å². The third-order valence-corrected chi connectivity index (χ3v) is 4.36. The first-order valence-electron chi connectivity index (χ1n) is 10.3. The second-order valence-corrected chi connectivity index (χ2v) is 7.20. The summed E-state index contributed by atoms with van der Waals surface area (Å²) in [5.41, 5.74) is 5.25. The van der Waals surface area contributed by atoms with Gasteiger partial charge in [-0.15, -0.1) is 0 Å². The Bertz CT molecular complexity index is 809. The maximum Gasteiger partial charge on any atom is 0.508 e. The molecule has 0 amide bonds. The molecular formula is C22H31NO9. The van der Waals surface area contributed by atoms with Gasteiger partial charge in [0.2, 0.25) is 0 Å². The quantitative estimate of drug-likeness (QED) is 0.285. The van der Waals surface area contributed by atoms with Gasteiger partial charge in [0, 0.05) is 26.7 Å². The van der Waals surface area contributed by atoms with E-state index in [0.717, 1.165) is 19.3 Å². The summed E-state index contributed by atoms with van der Waals surface area (Å²) in [4.78, 5) is 46.7. The van der Waals surface area contributed by atoms with Gasteiger partial charge in [-0.05, 0) is 24.1 Å². The lowest BCUT2D eigenvalue weighted by Gasteiger charge is -2.26. The summed E-state index contributed by atoms with van der Waals surface area (Å²) in [6.07, 6.45) is 1.77. The van der Waals surface area contributed by atoms with Gasteiger partial charge in [0.15, 0.2) is 11.5 Å². The highest BCUT2D eigenvalue weighted by Crippen LogP contribution is 2.30. The highest BCUT2D eigenvalue weighted by molar-refractivity contribution is 5.81. The molecule has 0 saturated carbocycles. The minimum absolute atomic E-state index is 0.00400. The predicted molar refractivity (Wildman–Crippen MR) is 113 cm³/mol. The summed E-state index contributed by atoms with van der Waals surface area (Å²) in [7, 11) is 1.20. The first kappa shape index (κ1) is 26.9. The van der Waals surface area contributed by atoms with Gasteiger partial charge in [-0.2, -0.15) is 0 Å². The minimum Gasteiger partial charge on any atom is -0.468 e. The fourth-order valence-electron chi connectivity index (χ4n) is 2.83. The summed E-state index contributed by atoms with van der Waals surface area (Å²) in [6.45, 7) is 4.53. The number of benzene rings is 1. The molecule has 0 heterocycles. The van der Waals surface area contributed by atoms with Crippen LogP contribution in [0.2, 0.25) is 0 Å². The average Bonchev–Trinajstić information content (AvgIpc) is 2.71. The van der Waals surface area contributed by atoms with Crippen molar-refractivity contribution in [3.05, 3.63) is 23.8 Å². The Balaban J connectivity index is 2.89. The van der Waals surface area contributed by atoms with Gasteiger partial charge < -0.3 is 29.4 Å². The van der Waals surface area contributed by atoms with Crippen LogP contribution in [0, 0.1) is 0 Å². The number of ether oxygens (including phenoxy) is 5. The Kier molecular flexibility index (Phi) is 11.2. The second-order valence-electron chi connectivity index (χ2n) is 7.20. The van der Waals surface area contributed by atoms with Gasteiger partial charge in [0.05, 0.1) is 20.3 Å². The van der Waals surface area contributed by atoms with Crippen LogP contribution in [0.4, 0.5) is 4.79 Å². The standard InChI is InChI=1S/C22H31NO9/c1-5-6-7-11-29-21(27)30-12-10-22(23,20(26)28-4)14-17-8-9-18(31-15(2)24)19(13-17)32-16(3)25/h8-9,13H,5-7,10-12,14,23H2,1-4H3/t22-/m1/s1. The molecule has 0 aromatic heterocycles. The third-order valence-electron chi connectivity index (χ3n) is 4.36. The van der Waals surface area contributed by atoms with E-state index in [9.17, 15) is 19.2 Å². The Hall–Kier alpha value is -3.14. The summed E-state index contributed by atoms with van der Waals surface area (Å²) < 4.78 is 24.9. The SMILES string of the molecule is CCCCCOC(=O)OCC[C@@](N)(Cc1ccc(OC(C)=O)c(OC(C)=O)c1)C(=O)OC. The Morgan fingerprint density at radius 2 is 1.56 bits per heavy atom. The van der Waals surface area contributed by atoms with Crippen molar-refractivity contribution in [2.75, 3.05) is 20.3 Å². The fraction of sp³-hybridized carbons (Fsp3) is 0.545. The molecule has 10 heteroatoms. The smallest absolute Gasteiger partial charge is 0.468 e. The molecule has 0 aliphatic heterocycles. The van der Waals surface area contributed by atoms with Crippen LogP contribution in [0.1, 0.15) is 52.0 Å². The molecule has 10 nitrogen and oxygen atoms in total. The number of hydrogen-bond donors (Lipinski definition) is 1. The second kappa shape index (κ2) is 13.3. The lowest BCUT2D eigenvalue weighted by atomic mass is 9.88. The zero-order valence-corrected chi connectivity index (χ0v) is 18.9. The van der Waals surface area contributed by atoms with Crippen molar-refractivity contribution < 1.29 is 42.9 Å². The van der Waals surface area contributed by atoms with Crippen LogP contribution < -0.4 is 15.2 Å². The van der Waals surface area contributed by atoms with E-state index >= 15 is 0 Å². The number of esters is 3. The van der Waals surface area contributed by atoms with Crippen molar-refractivity contribution in [2.45, 2.75) is 58.4 Å². The highest BCUT2D eigenvalue weighted by atomic mass is 16.7. The van der Waals surface area contributed by atoms with Crippen LogP contribution >= 0.6 is 0 Å². The third kappa shape index (κ3) is 9.34. The van der Waals surface area contributed by atoms with Gasteiger partial charge in [-0.3, -0.25) is 14.4 Å². The van der Waals surface area contributed by atoms with Crippen LogP contribution in [-0.4, -0.2) is 49.9 Å². The van der Waals surface area contributed by atoms with Crippen LogP contribution in [0.5, 0.6) is 11.5 Å². The van der Waals surface area contributed by atoms with Gasteiger partial charge in [-0.25, -0.2) is 4.79 Å². The van der Waals surface area contributed by atoms with Crippen molar-refractivity contribution in [1.82, 2.24) is 0 Å². The molecule has 0 spiro atoms. The van der Waals surface area contributed by atoms with E-state index in [1.807, 2.05) is 6.92 Å². The maximum atomic E-state index is 12.4. The van der Waals surface area contributed by atoms with E-state index in [4.69, 9.17) is 29.4 Å². The van der Waals surface area contributed by atoms with Crippen molar-refractivity contribution in [3.8, 4) is 11.5 Å². The number of rotatable bonds is 12. The molecule has 0 aliphatic carbocycles. The monoisotopic (exact) mass is 453 g/mol. The summed E-state index contributed by atoms with van der Waals surface area (Å²) in [5.74, 6) is -1.87. The lowest BCUT2D eigenvalue weighted by Crippen LogP contribution is -2.51. The zero-order valence-electron chi connectivity index (χ0n) is 18.9. The summed E-state index contributed by atoms with van der Waals surface area (Å²) in [5, 5.41) is 0. The Morgan fingerprint density at radius 3 is 2.16 bits per heavy atom. The van der Waals surface area contributed by atoms with Crippen molar-refractivity contribution in [1.29, 1.82) is 0 Å². The van der Waals surface area contributed by atoms with Crippen molar-refractivity contribution in [3.63, 3.8) is 0 Å². The van der Waals surface area contributed by atoms with E-state index in [1.54, 1.807) is 6.07 Å². The molecule has 1 aromatic carbocycles. The molecule has 0 fully saturated rings. The molecule has 0 aliphatic rings. The number of hydrogen-bond acceptors (Lipinski definition) is 10. The van der Waals surface area contributed by atoms with Gasteiger partial charge in [0.1, 0.15) is 5.54 Å². The van der Waals surface area contributed by atoms with Gasteiger partial charge in [-0.1, -0.05) is 25.8 Å². The first-order chi connectivity index (χ1) is 15.1. The molecule has 178 valence electrons. The van der Waals surface area contributed by atoms with Gasteiger partial charge in [0.25, 0.3) is 0 Å². The summed E-state index contributed by atoms with van der Waals surface area (Å²) in [6, 6.07) is 4.43. The Labute approximate surface area is 187 Å². The van der Waals surface area contributed by atoms with Crippen LogP contribution in [0.25, 0.3) is 0 Å². The zero-order chi connectivity index (χ0) is 24.1. The molecule has 32 heavy (non-hydrogen) atoms. The first-order valence-corrected chi connectivity index (χ1v) is 10.3. The summed E-state index contributed by atoms with van der Waals surface area (Å²) >= 11 is 0. The highest BCUT2D eigenvalue weighted by Gasteiger charge is 2.36. The number of carbonyl (C=O) groups excluding carboxylic acids is 4. The van der Waals surface area contributed by atoms with E-state index in [2.05, 4.69) is 0 Å². The molecule has 0 unspecified atom stereocenters. The normalized spacial score (nSPS) is 12.3. The molecule has 0 radical (unpaired) electrons. The van der Waals surface area contributed by atoms with Crippen LogP contribution in [0.15, 0.2) is 18.2 Å². The molecule has 0 bridgehead atoms. The van der Waals surface area contributed by atoms with E-state index < -0.39 is 29.6 Å². The number of unbranched alkanes of at least 4 members (excludes halogenated alkanes) is 2. The molecule has 2 N–H and O–H groups in total. The minimum atomic E-state index is -1.53. The van der Waals surface area contributed by atoms with E-state index in [0.29, 0.717) is 5.56 Å². The fourth-order valence-corrected chi connectivity index (χ4v) is 2.83.